The van der Waals surface area contributed by atoms with Gasteiger partial charge >= 0.3 is 6.03 Å². The van der Waals surface area contributed by atoms with E-state index in [0.717, 1.165) is 5.56 Å². The first-order chi connectivity index (χ1) is 8.46. The largest absolute Gasteiger partial charge is 0.399 e. The molecule has 1 aliphatic heterocycles. The minimum atomic E-state index is -0.773. The fraction of sp³-hybridized carbons (Fsp3) is 0.385. The number of nitrogen functional groups attached to an aromatic ring is 1. The van der Waals surface area contributed by atoms with E-state index in [1.807, 2.05) is 19.1 Å². The number of nitrogens with one attached hydrogen (secondary N) is 1. The first-order valence-corrected chi connectivity index (χ1v) is 5.95. The molecule has 1 aliphatic rings. The maximum absolute atomic E-state index is 12.2. The highest BCUT2D eigenvalue weighted by Crippen LogP contribution is 2.22. The second-order valence-electron chi connectivity index (χ2n) is 4.75. The summed E-state index contributed by atoms with van der Waals surface area (Å²) in [5, 5.41) is 2.72. The quantitative estimate of drug-likeness (QED) is 0.627. The first-order valence-electron chi connectivity index (χ1n) is 5.95. The van der Waals surface area contributed by atoms with E-state index >= 15 is 0 Å². The molecule has 1 atom stereocenters. The molecule has 0 aromatic heterocycles. The maximum Gasteiger partial charge on any atom is 0.325 e. The van der Waals surface area contributed by atoms with Crippen molar-refractivity contribution in [3.63, 3.8) is 0 Å². The van der Waals surface area contributed by atoms with Crippen LogP contribution >= 0.6 is 0 Å². The van der Waals surface area contributed by atoms with E-state index in [1.54, 1.807) is 19.1 Å². The Labute approximate surface area is 106 Å². The molecule has 1 heterocycles. The molecule has 0 bridgehead atoms. The molecule has 2 rings (SSSR count). The molecule has 1 unspecified atom stereocenters. The summed E-state index contributed by atoms with van der Waals surface area (Å²) >= 11 is 0. The highest BCUT2D eigenvalue weighted by atomic mass is 16.2. The minimum absolute atomic E-state index is 0.174. The summed E-state index contributed by atoms with van der Waals surface area (Å²) in [6.07, 6.45) is 0.579. The van der Waals surface area contributed by atoms with Crippen LogP contribution in [-0.2, 0) is 11.3 Å². The maximum atomic E-state index is 12.2. The van der Waals surface area contributed by atoms with Gasteiger partial charge in [-0.3, -0.25) is 9.69 Å². The average Bonchev–Trinajstić information content (AvgIpc) is 2.56. The Morgan fingerprint density at radius 1 is 1.28 bits per heavy atom. The van der Waals surface area contributed by atoms with E-state index in [4.69, 9.17) is 5.73 Å². The van der Waals surface area contributed by atoms with E-state index in [-0.39, 0.29) is 18.5 Å². The van der Waals surface area contributed by atoms with Gasteiger partial charge in [-0.2, -0.15) is 0 Å². The third-order valence-electron chi connectivity index (χ3n) is 3.37. The van der Waals surface area contributed by atoms with Crippen molar-refractivity contribution in [3.05, 3.63) is 29.8 Å². The van der Waals surface area contributed by atoms with Gasteiger partial charge in [-0.05, 0) is 31.0 Å². The van der Waals surface area contributed by atoms with Crippen molar-refractivity contribution in [3.8, 4) is 0 Å². The predicted octanol–water partition coefficient (Wildman–Crippen LogP) is 1.49. The van der Waals surface area contributed by atoms with Crippen molar-refractivity contribution < 1.29 is 9.59 Å². The smallest absolute Gasteiger partial charge is 0.325 e. The number of rotatable bonds is 3. The van der Waals surface area contributed by atoms with Crippen LogP contribution in [0, 0.1) is 0 Å². The van der Waals surface area contributed by atoms with Crippen molar-refractivity contribution in [1.29, 1.82) is 0 Å². The fourth-order valence-electron chi connectivity index (χ4n) is 1.94. The molecule has 0 spiro atoms. The number of nitrogens with two attached hydrogens (primary N) is 1. The molecule has 1 aromatic carbocycles. The van der Waals surface area contributed by atoms with Crippen LogP contribution in [0.4, 0.5) is 10.5 Å². The van der Waals surface area contributed by atoms with E-state index < -0.39 is 5.54 Å². The second kappa shape index (κ2) is 4.33. The predicted molar refractivity (Wildman–Crippen MR) is 68.6 cm³/mol. The lowest BCUT2D eigenvalue weighted by Crippen LogP contribution is -2.43. The Morgan fingerprint density at radius 3 is 2.39 bits per heavy atom. The lowest BCUT2D eigenvalue weighted by Gasteiger charge is -2.19. The summed E-state index contributed by atoms with van der Waals surface area (Å²) in [5.74, 6) is -0.174. The number of carbonyl (C=O) groups excluding carboxylic acids is 2. The zero-order valence-corrected chi connectivity index (χ0v) is 10.6. The van der Waals surface area contributed by atoms with E-state index in [2.05, 4.69) is 5.32 Å². The SMILES string of the molecule is CCC1(C)NC(=O)N(Cc2ccc(N)cc2)C1=O. The summed E-state index contributed by atoms with van der Waals surface area (Å²) < 4.78 is 0. The van der Waals surface area contributed by atoms with Crippen molar-refractivity contribution in [1.82, 2.24) is 10.2 Å². The molecule has 1 aromatic rings. The highest BCUT2D eigenvalue weighted by molar-refractivity contribution is 6.06. The van der Waals surface area contributed by atoms with Crippen LogP contribution < -0.4 is 11.1 Å². The van der Waals surface area contributed by atoms with E-state index in [9.17, 15) is 9.59 Å². The third kappa shape index (κ3) is 2.03. The van der Waals surface area contributed by atoms with Gasteiger partial charge in [0.2, 0.25) is 0 Å². The van der Waals surface area contributed by atoms with Gasteiger partial charge in [-0.25, -0.2) is 4.79 Å². The fourth-order valence-corrected chi connectivity index (χ4v) is 1.94. The topological polar surface area (TPSA) is 75.4 Å². The van der Waals surface area contributed by atoms with Crippen LogP contribution in [0.15, 0.2) is 24.3 Å². The van der Waals surface area contributed by atoms with Gasteiger partial charge in [0.25, 0.3) is 5.91 Å². The van der Waals surface area contributed by atoms with Crippen LogP contribution in [-0.4, -0.2) is 22.4 Å². The summed E-state index contributed by atoms with van der Waals surface area (Å²) in [6.45, 7) is 3.90. The van der Waals surface area contributed by atoms with Crippen LogP contribution in [0.25, 0.3) is 0 Å². The zero-order chi connectivity index (χ0) is 13.3. The van der Waals surface area contributed by atoms with Crippen LogP contribution in [0.2, 0.25) is 0 Å². The van der Waals surface area contributed by atoms with Gasteiger partial charge in [0, 0.05) is 5.69 Å². The number of hydrogen-bond donors (Lipinski definition) is 2. The molecule has 1 fully saturated rings. The number of carbonyl (C=O) groups is 2. The molecule has 0 aliphatic carbocycles. The van der Waals surface area contributed by atoms with Gasteiger partial charge in [-0.1, -0.05) is 19.1 Å². The molecule has 0 radical (unpaired) electrons. The molecular formula is C13H17N3O2. The number of anilines is 1. The second-order valence-corrected chi connectivity index (χ2v) is 4.75. The van der Waals surface area contributed by atoms with Gasteiger partial charge in [0.1, 0.15) is 5.54 Å². The lowest BCUT2D eigenvalue weighted by molar-refractivity contribution is -0.131. The van der Waals surface area contributed by atoms with Crippen molar-refractivity contribution in [2.75, 3.05) is 5.73 Å². The van der Waals surface area contributed by atoms with Gasteiger partial charge in [-0.15, -0.1) is 0 Å². The van der Waals surface area contributed by atoms with Gasteiger partial charge in [0.15, 0.2) is 0 Å². The van der Waals surface area contributed by atoms with Crippen molar-refractivity contribution in [2.24, 2.45) is 0 Å². The van der Waals surface area contributed by atoms with E-state index in [1.165, 1.54) is 4.90 Å². The molecular weight excluding hydrogens is 230 g/mol. The molecule has 3 amide bonds. The van der Waals surface area contributed by atoms with Crippen LogP contribution in [0.1, 0.15) is 25.8 Å². The molecule has 18 heavy (non-hydrogen) atoms. The Hall–Kier alpha value is -2.04. The summed E-state index contributed by atoms with van der Waals surface area (Å²) in [7, 11) is 0. The Kier molecular flexibility index (Phi) is 2.98. The number of amides is 3. The van der Waals surface area contributed by atoms with Crippen molar-refractivity contribution >= 4 is 17.6 Å². The summed E-state index contributed by atoms with van der Waals surface area (Å²) in [6, 6.07) is 6.82. The Bertz CT molecular complexity index is 484. The Morgan fingerprint density at radius 2 is 1.89 bits per heavy atom. The standard InChI is InChI=1S/C13H17N3O2/c1-3-13(2)11(17)16(12(18)15-13)8-9-4-6-10(14)7-5-9/h4-7H,3,8,14H2,1-2H3,(H,15,18). The monoisotopic (exact) mass is 247 g/mol. The van der Waals surface area contributed by atoms with Gasteiger partial charge < -0.3 is 11.1 Å². The summed E-state index contributed by atoms with van der Waals surface area (Å²) in [4.78, 5) is 25.2. The highest BCUT2D eigenvalue weighted by Gasteiger charge is 2.46. The number of imide groups is 1. The lowest BCUT2D eigenvalue weighted by atomic mass is 9.99. The zero-order valence-electron chi connectivity index (χ0n) is 10.6. The minimum Gasteiger partial charge on any atom is -0.399 e. The molecule has 96 valence electrons. The number of urea groups is 1. The molecule has 3 N–H and O–H groups in total. The third-order valence-corrected chi connectivity index (χ3v) is 3.37. The summed E-state index contributed by atoms with van der Waals surface area (Å²) in [5.41, 5.74) is 6.37. The van der Waals surface area contributed by atoms with Crippen LogP contribution in [0.3, 0.4) is 0 Å². The van der Waals surface area contributed by atoms with Crippen LogP contribution in [0.5, 0.6) is 0 Å². The molecule has 5 nitrogen and oxygen atoms in total. The van der Waals surface area contributed by atoms with E-state index in [0.29, 0.717) is 12.1 Å². The first kappa shape index (κ1) is 12.4. The average molecular weight is 247 g/mol. The number of nitrogens with zero attached hydrogens (tertiary/aromatic N) is 1. The molecule has 0 saturated carbocycles. The molecule has 5 heteroatoms. The normalized spacial score (nSPS) is 23.3. The Balaban J connectivity index is 2.17. The number of benzene rings is 1. The van der Waals surface area contributed by atoms with Gasteiger partial charge in [0.05, 0.1) is 6.54 Å². The molecule has 1 saturated heterocycles. The number of hydrogen-bond acceptors (Lipinski definition) is 3. The van der Waals surface area contributed by atoms with Crippen molar-refractivity contribution in [2.45, 2.75) is 32.4 Å².